The molecule has 0 aliphatic heterocycles. The molecule has 3 rings (SSSR count). The quantitative estimate of drug-likeness (QED) is 0.281. The Morgan fingerprint density at radius 3 is 2.21 bits per heavy atom. The highest BCUT2D eigenvalue weighted by Crippen LogP contribution is 2.31. The molecule has 7 nitrogen and oxygen atoms in total. The van der Waals surface area contributed by atoms with Crippen LogP contribution in [0.25, 0.3) is 0 Å². The first kappa shape index (κ1) is 30.8. The molecule has 3 aromatic rings. The summed E-state index contributed by atoms with van der Waals surface area (Å²) in [6.45, 7) is 4.86. The first-order valence-electron chi connectivity index (χ1n) is 12.3. The summed E-state index contributed by atoms with van der Waals surface area (Å²) in [4.78, 5) is 28.3. The number of sulfonamides is 1. The highest BCUT2D eigenvalue weighted by atomic mass is 35.5. The molecule has 0 saturated heterocycles. The molecular formula is C28H30Cl3N3O4S. The Bertz CT molecular complexity index is 1420. The van der Waals surface area contributed by atoms with Gasteiger partial charge in [0.25, 0.3) is 10.0 Å². The van der Waals surface area contributed by atoms with E-state index in [0.29, 0.717) is 17.0 Å². The van der Waals surface area contributed by atoms with Crippen LogP contribution in [0.5, 0.6) is 0 Å². The second kappa shape index (κ2) is 13.5. The number of hydrogen-bond donors (Lipinski definition) is 1. The van der Waals surface area contributed by atoms with Crippen LogP contribution >= 0.6 is 34.8 Å². The Balaban J connectivity index is 2.04. The maximum Gasteiger partial charge on any atom is 0.264 e. The van der Waals surface area contributed by atoms with Crippen LogP contribution in [0.15, 0.2) is 77.7 Å². The minimum Gasteiger partial charge on any atom is -0.352 e. The number of amides is 2. The van der Waals surface area contributed by atoms with Crippen LogP contribution in [0.1, 0.15) is 32.8 Å². The summed E-state index contributed by atoms with van der Waals surface area (Å²) >= 11 is 18.5. The topological polar surface area (TPSA) is 86.8 Å². The normalized spacial score (nSPS) is 12.9. The summed E-state index contributed by atoms with van der Waals surface area (Å²) in [5.74, 6) is -0.945. The van der Waals surface area contributed by atoms with E-state index < -0.39 is 28.5 Å². The molecule has 39 heavy (non-hydrogen) atoms. The SMILES string of the molecule is CC[C@@H](C)NC(=O)[C@@H](C)N(Cc1cccc(Cl)c1)C(=O)CN(c1ccc(Cl)c(Cl)c1)S(=O)(=O)c1ccccc1. The van der Waals surface area contributed by atoms with Crippen molar-refractivity contribution in [2.75, 3.05) is 10.8 Å². The fraction of sp³-hybridized carbons (Fsp3) is 0.286. The van der Waals surface area contributed by atoms with Gasteiger partial charge in [-0.25, -0.2) is 8.42 Å². The Kier molecular flexibility index (Phi) is 10.7. The van der Waals surface area contributed by atoms with Crippen LogP contribution in [0.3, 0.4) is 0 Å². The zero-order valence-corrected chi connectivity index (χ0v) is 24.9. The Labute approximate surface area is 244 Å². The lowest BCUT2D eigenvalue weighted by atomic mass is 10.1. The third kappa shape index (κ3) is 7.88. The van der Waals surface area contributed by atoms with E-state index in [1.165, 1.54) is 35.2 Å². The van der Waals surface area contributed by atoms with Crippen LogP contribution in [0, 0.1) is 0 Å². The molecule has 0 aliphatic rings. The molecule has 0 unspecified atom stereocenters. The van der Waals surface area contributed by atoms with E-state index in [4.69, 9.17) is 34.8 Å². The number of benzene rings is 3. The molecule has 0 spiro atoms. The van der Waals surface area contributed by atoms with Crippen molar-refractivity contribution in [3.63, 3.8) is 0 Å². The van der Waals surface area contributed by atoms with E-state index in [1.807, 2.05) is 13.8 Å². The van der Waals surface area contributed by atoms with Gasteiger partial charge in [0.2, 0.25) is 11.8 Å². The average molecular weight is 611 g/mol. The van der Waals surface area contributed by atoms with Gasteiger partial charge in [0.1, 0.15) is 12.6 Å². The highest BCUT2D eigenvalue weighted by molar-refractivity contribution is 7.92. The van der Waals surface area contributed by atoms with Crippen LogP contribution in [0.4, 0.5) is 5.69 Å². The van der Waals surface area contributed by atoms with Gasteiger partial charge < -0.3 is 10.2 Å². The molecule has 0 radical (unpaired) electrons. The van der Waals surface area contributed by atoms with Gasteiger partial charge in [0.05, 0.1) is 20.6 Å². The molecule has 2 amide bonds. The van der Waals surface area contributed by atoms with Crippen LogP contribution in [0.2, 0.25) is 15.1 Å². The molecule has 0 fully saturated rings. The smallest absolute Gasteiger partial charge is 0.264 e. The lowest BCUT2D eigenvalue weighted by Crippen LogP contribution is -2.52. The van der Waals surface area contributed by atoms with Gasteiger partial charge in [-0.3, -0.25) is 13.9 Å². The summed E-state index contributed by atoms with van der Waals surface area (Å²) in [6.07, 6.45) is 0.709. The van der Waals surface area contributed by atoms with E-state index in [0.717, 1.165) is 4.31 Å². The number of carbonyl (C=O) groups is 2. The van der Waals surface area contributed by atoms with E-state index >= 15 is 0 Å². The van der Waals surface area contributed by atoms with Crippen molar-refractivity contribution in [2.45, 2.75) is 50.7 Å². The summed E-state index contributed by atoms with van der Waals surface area (Å²) in [7, 11) is -4.20. The van der Waals surface area contributed by atoms with E-state index in [-0.39, 0.29) is 39.1 Å². The minimum absolute atomic E-state index is 0.00664. The Hall–Kier alpha value is -2.78. The minimum atomic E-state index is -4.20. The third-order valence-electron chi connectivity index (χ3n) is 6.21. The van der Waals surface area contributed by atoms with Gasteiger partial charge in [0.15, 0.2) is 0 Å². The molecule has 2 atom stereocenters. The van der Waals surface area contributed by atoms with E-state index in [2.05, 4.69) is 5.32 Å². The largest absolute Gasteiger partial charge is 0.352 e. The van der Waals surface area contributed by atoms with Gasteiger partial charge in [0, 0.05) is 17.6 Å². The number of rotatable bonds is 11. The van der Waals surface area contributed by atoms with Crippen molar-refractivity contribution in [3.8, 4) is 0 Å². The van der Waals surface area contributed by atoms with Crippen molar-refractivity contribution < 1.29 is 18.0 Å². The Morgan fingerprint density at radius 1 is 0.897 bits per heavy atom. The van der Waals surface area contributed by atoms with Crippen molar-refractivity contribution in [3.05, 3.63) is 93.4 Å². The predicted molar refractivity (Wildman–Crippen MR) is 157 cm³/mol. The number of anilines is 1. The molecule has 0 heterocycles. The number of hydrogen-bond acceptors (Lipinski definition) is 4. The zero-order chi connectivity index (χ0) is 28.7. The summed E-state index contributed by atoms with van der Waals surface area (Å²) in [5.41, 5.74) is 0.840. The van der Waals surface area contributed by atoms with Crippen LogP contribution in [-0.4, -0.2) is 43.8 Å². The number of nitrogens with one attached hydrogen (secondary N) is 1. The molecule has 1 N–H and O–H groups in total. The molecule has 0 saturated carbocycles. The van der Waals surface area contributed by atoms with Crippen LogP contribution in [-0.2, 0) is 26.2 Å². The van der Waals surface area contributed by atoms with Crippen molar-refractivity contribution in [2.24, 2.45) is 0 Å². The molecular weight excluding hydrogens is 581 g/mol. The number of nitrogens with zero attached hydrogens (tertiary/aromatic N) is 2. The molecule has 0 bridgehead atoms. The average Bonchev–Trinajstić information content (AvgIpc) is 2.91. The van der Waals surface area contributed by atoms with E-state index in [1.54, 1.807) is 49.4 Å². The van der Waals surface area contributed by atoms with Gasteiger partial charge in [-0.05, 0) is 68.3 Å². The first-order valence-corrected chi connectivity index (χ1v) is 14.9. The molecule has 0 aliphatic carbocycles. The van der Waals surface area contributed by atoms with E-state index in [9.17, 15) is 18.0 Å². The fourth-order valence-electron chi connectivity index (χ4n) is 3.77. The number of carbonyl (C=O) groups excluding carboxylic acids is 2. The standard InChI is InChI=1S/C28H30Cl3N3O4S/c1-4-19(2)32-28(36)20(3)33(17-21-9-8-10-22(29)15-21)27(35)18-34(23-13-14-25(30)26(31)16-23)39(37,38)24-11-6-5-7-12-24/h5-16,19-20H,4,17-18H2,1-3H3,(H,32,36)/t19-,20-/m1/s1. The molecule has 11 heteroatoms. The lowest BCUT2D eigenvalue weighted by molar-refractivity contribution is -0.139. The van der Waals surface area contributed by atoms with Gasteiger partial charge in [-0.1, -0.05) is 72.1 Å². The second-order valence-electron chi connectivity index (χ2n) is 9.07. The van der Waals surface area contributed by atoms with Crippen molar-refractivity contribution >= 4 is 62.3 Å². The second-order valence-corrected chi connectivity index (χ2v) is 12.2. The van der Waals surface area contributed by atoms with Gasteiger partial charge >= 0.3 is 0 Å². The molecule has 3 aromatic carbocycles. The zero-order valence-electron chi connectivity index (χ0n) is 21.8. The van der Waals surface area contributed by atoms with Crippen molar-refractivity contribution in [1.29, 1.82) is 0 Å². The Morgan fingerprint density at radius 2 is 1.59 bits per heavy atom. The lowest BCUT2D eigenvalue weighted by Gasteiger charge is -2.32. The predicted octanol–water partition coefficient (Wildman–Crippen LogP) is 6.17. The summed E-state index contributed by atoms with van der Waals surface area (Å²) in [5, 5.41) is 3.74. The van der Waals surface area contributed by atoms with Gasteiger partial charge in [-0.2, -0.15) is 0 Å². The third-order valence-corrected chi connectivity index (χ3v) is 8.97. The molecule has 208 valence electrons. The van der Waals surface area contributed by atoms with Gasteiger partial charge in [-0.15, -0.1) is 0 Å². The maximum absolute atomic E-state index is 13.9. The molecule has 0 aromatic heterocycles. The summed E-state index contributed by atoms with van der Waals surface area (Å²) < 4.78 is 28.5. The fourth-order valence-corrected chi connectivity index (χ4v) is 5.70. The maximum atomic E-state index is 13.9. The monoisotopic (exact) mass is 609 g/mol. The van der Waals surface area contributed by atoms with Crippen molar-refractivity contribution in [1.82, 2.24) is 10.2 Å². The highest BCUT2D eigenvalue weighted by Gasteiger charge is 2.33. The number of halogens is 3. The van der Waals surface area contributed by atoms with Crippen LogP contribution < -0.4 is 9.62 Å². The summed E-state index contributed by atoms with van der Waals surface area (Å²) in [6, 6.07) is 18.0. The first-order chi connectivity index (χ1) is 18.4.